The summed E-state index contributed by atoms with van der Waals surface area (Å²) in [5, 5.41) is 21.3. The van der Waals surface area contributed by atoms with Gasteiger partial charge in [-0.2, -0.15) is 0 Å². The minimum atomic E-state index is -1.95. The lowest BCUT2D eigenvalue weighted by molar-refractivity contribution is -0.00276. The van der Waals surface area contributed by atoms with Crippen LogP contribution in [0.3, 0.4) is 0 Å². The van der Waals surface area contributed by atoms with E-state index in [0.29, 0.717) is 23.2 Å². The Morgan fingerprint density at radius 3 is 1.82 bits per heavy atom. The Labute approximate surface area is 174 Å². The summed E-state index contributed by atoms with van der Waals surface area (Å²) in [6.45, 7) is 18.1. The van der Waals surface area contributed by atoms with Crippen molar-refractivity contribution in [2.75, 3.05) is 6.61 Å². The van der Waals surface area contributed by atoms with Gasteiger partial charge in [-0.05, 0) is 22.2 Å². The summed E-state index contributed by atoms with van der Waals surface area (Å²) in [5.74, 6) is -0.287. The SMILES string of the molecule is CC(C)[Si](OC[C@H](C)[C@@H](O)[C@H](C)[C@@H](O)/C=C/c1ccccc1)(C(C)C)C(C)C. The molecule has 0 aliphatic rings. The first kappa shape index (κ1) is 25.1. The fraction of sp³-hybridized carbons (Fsp3) is 0.667. The average molecular weight is 407 g/mol. The Bertz CT molecular complexity index is 561. The molecule has 1 rings (SSSR count). The van der Waals surface area contributed by atoms with Crippen LogP contribution in [-0.2, 0) is 4.43 Å². The van der Waals surface area contributed by atoms with Crippen molar-refractivity contribution in [1.82, 2.24) is 0 Å². The zero-order valence-corrected chi connectivity index (χ0v) is 20.1. The molecule has 0 fully saturated rings. The third kappa shape index (κ3) is 6.28. The molecular formula is C24H42O3Si. The molecule has 0 saturated carbocycles. The minimum Gasteiger partial charge on any atom is -0.416 e. The monoisotopic (exact) mass is 406 g/mol. The van der Waals surface area contributed by atoms with Crippen molar-refractivity contribution < 1.29 is 14.6 Å². The fourth-order valence-electron chi connectivity index (χ4n) is 4.54. The molecule has 0 heterocycles. The normalized spacial score (nSPS) is 17.5. The van der Waals surface area contributed by atoms with E-state index in [0.717, 1.165) is 5.56 Å². The molecule has 2 N–H and O–H groups in total. The Morgan fingerprint density at radius 2 is 1.36 bits per heavy atom. The molecule has 1 aromatic rings. The maximum atomic E-state index is 10.8. The molecule has 4 atom stereocenters. The Balaban J connectivity index is 2.74. The number of aliphatic hydroxyl groups excluding tert-OH is 2. The van der Waals surface area contributed by atoms with Crippen LogP contribution in [0.4, 0.5) is 0 Å². The zero-order valence-electron chi connectivity index (χ0n) is 19.1. The third-order valence-corrected chi connectivity index (χ3v) is 12.3. The molecular weight excluding hydrogens is 364 g/mol. The quantitative estimate of drug-likeness (QED) is 0.451. The summed E-state index contributed by atoms with van der Waals surface area (Å²) in [6, 6.07) is 9.90. The van der Waals surface area contributed by atoms with E-state index in [1.165, 1.54) is 0 Å². The fourth-order valence-corrected chi connectivity index (χ4v) is 10.1. The lowest BCUT2D eigenvalue weighted by atomic mass is 9.89. The second kappa shape index (κ2) is 11.3. The van der Waals surface area contributed by atoms with Crippen molar-refractivity contribution in [3.8, 4) is 0 Å². The van der Waals surface area contributed by atoms with E-state index in [1.54, 1.807) is 6.08 Å². The van der Waals surface area contributed by atoms with Crippen molar-refractivity contribution >= 4 is 14.4 Å². The van der Waals surface area contributed by atoms with E-state index in [1.807, 2.05) is 50.3 Å². The molecule has 0 unspecified atom stereocenters. The van der Waals surface area contributed by atoms with Gasteiger partial charge >= 0.3 is 0 Å². The lowest BCUT2D eigenvalue weighted by Gasteiger charge is -2.43. The first-order chi connectivity index (χ1) is 13.0. The lowest BCUT2D eigenvalue weighted by Crippen LogP contribution is -2.49. The van der Waals surface area contributed by atoms with Gasteiger partial charge in [0, 0.05) is 18.4 Å². The molecule has 0 bridgehead atoms. The zero-order chi connectivity index (χ0) is 21.5. The molecule has 1 aromatic carbocycles. The Morgan fingerprint density at radius 1 is 0.857 bits per heavy atom. The summed E-state index contributed by atoms with van der Waals surface area (Å²) < 4.78 is 6.64. The largest absolute Gasteiger partial charge is 0.416 e. The van der Waals surface area contributed by atoms with Crippen LogP contribution in [0.25, 0.3) is 6.08 Å². The Hall–Kier alpha value is -0.943. The van der Waals surface area contributed by atoms with Crippen LogP contribution in [0.5, 0.6) is 0 Å². The van der Waals surface area contributed by atoms with E-state index in [2.05, 4.69) is 41.5 Å². The molecule has 0 saturated heterocycles. The summed E-state index contributed by atoms with van der Waals surface area (Å²) in [7, 11) is -1.95. The maximum absolute atomic E-state index is 10.8. The molecule has 0 radical (unpaired) electrons. The van der Waals surface area contributed by atoms with E-state index >= 15 is 0 Å². The van der Waals surface area contributed by atoms with Crippen LogP contribution in [0, 0.1) is 11.8 Å². The van der Waals surface area contributed by atoms with E-state index in [-0.39, 0.29) is 11.8 Å². The molecule has 0 aromatic heterocycles. The van der Waals surface area contributed by atoms with Crippen LogP contribution in [0.2, 0.25) is 16.6 Å². The van der Waals surface area contributed by atoms with Gasteiger partial charge in [-0.3, -0.25) is 0 Å². The van der Waals surface area contributed by atoms with Gasteiger partial charge in [0.15, 0.2) is 8.32 Å². The first-order valence-electron chi connectivity index (χ1n) is 10.8. The van der Waals surface area contributed by atoms with Crippen LogP contribution >= 0.6 is 0 Å². The smallest absolute Gasteiger partial charge is 0.200 e. The molecule has 4 heteroatoms. The number of rotatable bonds is 11. The molecule has 0 aliphatic carbocycles. The van der Waals surface area contributed by atoms with E-state index < -0.39 is 20.5 Å². The van der Waals surface area contributed by atoms with Crippen molar-refractivity contribution in [1.29, 1.82) is 0 Å². The molecule has 0 amide bonds. The van der Waals surface area contributed by atoms with Crippen LogP contribution in [-0.4, -0.2) is 37.3 Å². The van der Waals surface area contributed by atoms with Gasteiger partial charge in [-0.15, -0.1) is 0 Å². The summed E-state index contributed by atoms with van der Waals surface area (Å²) >= 11 is 0. The highest BCUT2D eigenvalue weighted by molar-refractivity contribution is 6.77. The average Bonchev–Trinajstić information content (AvgIpc) is 2.65. The van der Waals surface area contributed by atoms with Gasteiger partial charge in [0.2, 0.25) is 0 Å². The van der Waals surface area contributed by atoms with Crippen molar-refractivity contribution in [3.63, 3.8) is 0 Å². The number of hydrogen-bond donors (Lipinski definition) is 2. The van der Waals surface area contributed by atoms with Crippen molar-refractivity contribution in [2.45, 2.75) is 84.2 Å². The predicted molar refractivity (Wildman–Crippen MR) is 123 cm³/mol. The molecule has 0 spiro atoms. The van der Waals surface area contributed by atoms with Gasteiger partial charge in [-0.25, -0.2) is 0 Å². The maximum Gasteiger partial charge on any atom is 0.200 e. The van der Waals surface area contributed by atoms with Crippen LogP contribution in [0.15, 0.2) is 36.4 Å². The summed E-state index contributed by atoms with van der Waals surface area (Å²) in [5.41, 5.74) is 2.61. The topological polar surface area (TPSA) is 49.7 Å². The number of hydrogen-bond acceptors (Lipinski definition) is 3. The molecule has 28 heavy (non-hydrogen) atoms. The van der Waals surface area contributed by atoms with Gasteiger partial charge < -0.3 is 14.6 Å². The highest BCUT2D eigenvalue weighted by Crippen LogP contribution is 2.42. The molecule has 0 aliphatic heterocycles. The van der Waals surface area contributed by atoms with Crippen molar-refractivity contribution in [3.05, 3.63) is 42.0 Å². The van der Waals surface area contributed by atoms with E-state index in [4.69, 9.17) is 4.43 Å². The molecule has 160 valence electrons. The first-order valence-corrected chi connectivity index (χ1v) is 12.9. The van der Waals surface area contributed by atoms with Gasteiger partial charge in [0.25, 0.3) is 0 Å². The third-order valence-electron chi connectivity index (χ3n) is 6.25. The van der Waals surface area contributed by atoms with Gasteiger partial charge in [0.1, 0.15) is 0 Å². The summed E-state index contributed by atoms with van der Waals surface area (Å²) in [4.78, 5) is 0. The second-order valence-electron chi connectivity index (χ2n) is 9.22. The molecule has 3 nitrogen and oxygen atoms in total. The van der Waals surface area contributed by atoms with Gasteiger partial charge in [-0.1, -0.05) is 97.9 Å². The van der Waals surface area contributed by atoms with Crippen molar-refractivity contribution in [2.24, 2.45) is 11.8 Å². The van der Waals surface area contributed by atoms with Crippen LogP contribution < -0.4 is 0 Å². The van der Waals surface area contributed by atoms with E-state index in [9.17, 15) is 10.2 Å². The highest BCUT2D eigenvalue weighted by atomic mass is 28.4. The number of benzene rings is 1. The highest BCUT2D eigenvalue weighted by Gasteiger charge is 2.45. The minimum absolute atomic E-state index is 0.0297. The predicted octanol–water partition coefficient (Wildman–Crippen LogP) is 5.89. The second-order valence-corrected chi connectivity index (χ2v) is 14.7. The standard InChI is InChI=1S/C24H42O3Si/c1-17(2)28(18(3)4,19(5)6)27-16-20(7)24(26)21(8)23(25)15-14-22-12-10-9-11-13-22/h9-15,17-21,23-26H,16H2,1-8H3/b15-14+/t20-,21+,23-,24+/m0/s1. The summed E-state index contributed by atoms with van der Waals surface area (Å²) in [6.07, 6.45) is 2.36. The Kier molecular flexibility index (Phi) is 10.1. The van der Waals surface area contributed by atoms with Crippen LogP contribution in [0.1, 0.15) is 61.0 Å². The van der Waals surface area contributed by atoms with Gasteiger partial charge in [0.05, 0.1) is 12.2 Å². The number of aliphatic hydroxyl groups is 2.